The van der Waals surface area contributed by atoms with E-state index in [-0.39, 0.29) is 17.8 Å². The van der Waals surface area contributed by atoms with Gasteiger partial charge in [-0.25, -0.2) is 4.39 Å². The van der Waals surface area contributed by atoms with Crippen LogP contribution in [0.25, 0.3) is 0 Å². The van der Waals surface area contributed by atoms with E-state index < -0.39 is 0 Å². The lowest BCUT2D eigenvalue weighted by Crippen LogP contribution is -2.42. The molecule has 5 heteroatoms. The lowest BCUT2D eigenvalue weighted by atomic mass is 10.1. The van der Waals surface area contributed by atoms with Crippen molar-refractivity contribution < 1.29 is 18.7 Å². The van der Waals surface area contributed by atoms with Crippen LogP contribution >= 0.6 is 0 Å². The van der Waals surface area contributed by atoms with Gasteiger partial charge in [-0.15, -0.1) is 0 Å². The van der Waals surface area contributed by atoms with E-state index >= 15 is 0 Å². The summed E-state index contributed by atoms with van der Waals surface area (Å²) < 4.78 is 23.9. The van der Waals surface area contributed by atoms with E-state index in [0.29, 0.717) is 31.0 Å². The minimum atomic E-state index is -0.283. The normalized spacial score (nSPS) is 17.8. The molecule has 0 aliphatic carbocycles. The van der Waals surface area contributed by atoms with Crippen molar-refractivity contribution in [2.24, 2.45) is 0 Å². The summed E-state index contributed by atoms with van der Waals surface area (Å²) in [6.07, 6.45) is -0.237. The first-order chi connectivity index (χ1) is 11.2. The van der Waals surface area contributed by atoms with Crippen LogP contribution in [-0.4, -0.2) is 37.6 Å². The van der Waals surface area contributed by atoms with Crippen molar-refractivity contribution in [2.45, 2.75) is 6.10 Å². The summed E-state index contributed by atoms with van der Waals surface area (Å²) in [7, 11) is 1.57. The average Bonchev–Trinajstić information content (AvgIpc) is 2.62. The molecule has 0 bridgehead atoms. The van der Waals surface area contributed by atoms with Gasteiger partial charge in [0.25, 0.3) is 5.91 Å². The number of carbonyl (C=O) groups excluding carboxylic acids is 1. The molecule has 0 aromatic heterocycles. The molecule has 1 fully saturated rings. The number of hydrogen-bond donors (Lipinski definition) is 0. The van der Waals surface area contributed by atoms with Crippen molar-refractivity contribution in [2.75, 3.05) is 26.8 Å². The molecule has 23 heavy (non-hydrogen) atoms. The van der Waals surface area contributed by atoms with E-state index in [1.165, 1.54) is 12.1 Å². The Bertz CT molecular complexity index is 687. The van der Waals surface area contributed by atoms with Gasteiger partial charge in [-0.1, -0.05) is 18.2 Å². The number of morpholine rings is 1. The number of carbonyl (C=O) groups is 1. The number of methoxy groups -OCH3 is 1. The van der Waals surface area contributed by atoms with Gasteiger partial charge in [-0.3, -0.25) is 4.79 Å². The molecular weight excluding hydrogens is 297 g/mol. The van der Waals surface area contributed by atoms with Crippen molar-refractivity contribution in [3.8, 4) is 5.75 Å². The third-order valence-electron chi connectivity index (χ3n) is 3.91. The summed E-state index contributed by atoms with van der Waals surface area (Å²) in [5.41, 5.74) is 1.46. The third kappa shape index (κ3) is 3.51. The Kier molecular flexibility index (Phi) is 4.57. The van der Waals surface area contributed by atoms with Gasteiger partial charge in [0.15, 0.2) is 0 Å². The molecule has 2 aromatic carbocycles. The molecule has 0 radical (unpaired) electrons. The molecule has 1 atom stereocenters. The molecule has 1 saturated heterocycles. The van der Waals surface area contributed by atoms with Crippen molar-refractivity contribution in [1.29, 1.82) is 0 Å². The predicted molar refractivity (Wildman–Crippen MR) is 84.0 cm³/mol. The van der Waals surface area contributed by atoms with Gasteiger partial charge in [0.05, 0.1) is 20.3 Å². The van der Waals surface area contributed by atoms with Crippen molar-refractivity contribution in [1.82, 2.24) is 4.90 Å². The van der Waals surface area contributed by atoms with Crippen LogP contribution < -0.4 is 4.74 Å². The van der Waals surface area contributed by atoms with Gasteiger partial charge < -0.3 is 14.4 Å². The van der Waals surface area contributed by atoms with E-state index in [1.54, 1.807) is 48.4 Å². The Hall–Kier alpha value is -2.40. The number of hydrogen-bond acceptors (Lipinski definition) is 3. The number of ether oxygens (including phenoxy) is 2. The topological polar surface area (TPSA) is 38.8 Å². The molecule has 3 rings (SSSR count). The summed E-state index contributed by atoms with van der Waals surface area (Å²) in [5, 5.41) is 0. The summed E-state index contributed by atoms with van der Waals surface area (Å²) in [6.45, 7) is 1.44. The highest BCUT2D eigenvalue weighted by Crippen LogP contribution is 2.24. The highest BCUT2D eigenvalue weighted by Gasteiger charge is 2.26. The Morgan fingerprint density at radius 2 is 2.04 bits per heavy atom. The van der Waals surface area contributed by atoms with E-state index in [4.69, 9.17) is 9.47 Å². The maximum Gasteiger partial charge on any atom is 0.254 e. The summed E-state index contributed by atoms with van der Waals surface area (Å²) in [6, 6.07) is 13.3. The molecule has 1 unspecified atom stereocenters. The van der Waals surface area contributed by atoms with Gasteiger partial charge in [0.1, 0.15) is 17.7 Å². The molecule has 4 nitrogen and oxygen atoms in total. The van der Waals surface area contributed by atoms with E-state index in [2.05, 4.69) is 0 Å². The fourth-order valence-corrected chi connectivity index (χ4v) is 2.65. The van der Waals surface area contributed by atoms with Gasteiger partial charge in [-0.2, -0.15) is 0 Å². The van der Waals surface area contributed by atoms with Crippen LogP contribution in [0.5, 0.6) is 5.75 Å². The first kappa shape index (κ1) is 15.5. The number of amides is 1. The molecule has 1 aliphatic rings. The maximum atomic E-state index is 13.0. The molecule has 0 N–H and O–H groups in total. The van der Waals surface area contributed by atoms with Crippen LogP contribution in [0, 0.1) is 5.82 Å². The lowest BCUT2D eigenvalue weighted by Gasteiger charge is -2.33. The number of rotatable bonds is 3. The number of benzene rings is 2. The SMILES string of the molecule is COc1cccc(C(=O)N2CCOC(c3ccc(F)cc3)C2)c1. The van der Waals surface area contributed by atoms with Gasteiger partial charge in [0.2, 0.25) is 0 Å². The molecular formula is C18H18FNO3. The summed E-state index contributed by atoms with van der Waals surface area (Å²) in [5.74, 6) is 0.312. The lowest BCUT2D eigenvalue weighted by molar-refractivity contribution is -0.0228. The smallest absolute Gasteiger partial charge is 0.254 e. The van der Waals surface area contributed by atoms with Crippen molar-refractivity contribution in [3.05, 3.63) is 65.5 Å². The van der Waals surface area contributed by atoms with Crippen LogP contribution in [-0.2, 0) is 4.74 Å². The Morgan fingerprint density at radius 3 is 2.78 bits per heavy atom. The Morgan fingerprint density at radius 1 is 1.26 bits per heavy atom. The second-order valence-corrected chi connectivity index (χ2v) is 5.39. The summed E-state index contributed by atoms with van der Waals surface area (Å²) in [4.78, 5) is 14.4. The van der Waals surface area contributed by atoms with Crippen molar-refractivity contribution in [3.63, 3.8) is 0 Å². The fourth-order valence-electron chi connectivity index (χ4n) is 2.65. The zero-order valence-corrected chi connectivity index (χ0v) is 12.9. The fraction of sp³-hybridized carbons (Fsp3) is 0.278. The molecule has 1 heterocycles. The third-order valence-corrected chi connectivity index (χ3v) is 3.91. The van der Waals surface area contributed by atoms with E-state index in [9.17, 15) is 9.18 Å². The minimum absolute atomic E-state index is 0.0562. The number of halogens is 1. The molecule has 1 aliphatic heterocycles. The Labute approximate surface area is 134 Å². The zero-order chi connectivity index (χ0) is 16.2. The molecule has 120 valence electrons. The molecule has 0 saturated carbocycles. The van der Waals surface area contributed by atoms with E-state index in [1.807, 2.05) is 0 Å². The van der Waals surface area contributed by atoms with Crippen molar-refractivity contribution >= 4 is 5.91 Å². The van der Waals surface area contributed by atoms with Crippen LogP contribution in [0.3, 0.4) is 0 Å². The largest absolute Gasteiger partial charge is 0.497 e. The van der Waals surface area contributed by atoms with Gasteiger partial charge >= 0.3 is 0 Å². The van der Waals surface area contributed by atoms with Crippen LogP contribution in [0.2, 0.25) is 0 Å². The first-order valence-corrected chi connectivity index (χ1v) is 7.48. The monoisotopic (exact) mass is 315 g/mol. The van der Waals surface area contributed by atoms with Crippen LogP contribution in [0.4, 0.5) is 4.39 Å². The molecule has 2 aromatic rings. The quantitative estimate of drug-likeness (QED) is 0.874. The number of nitrogens with zero attached hydrogens (tertiary/aromatic N) is 1. The predicted octanol–water partition coefficient (Wildman–Crippen LogP) is 3.05. The highest BCUT2D eigenvalue weighted by molar-refractivity contribution is 5.94. The average molecular weight is 315 g/mol. The first-order valence-electron chi connectivity index (χ1n) is 7.48. The second kappa shape index (κ2) is 6.79. The van der Waals surface area contributed by atoms with Crippen LogP contribution in [0.15, 0.2) is 48.5 Å². The highest BCUT2D eigenvalue weighted by atomic mass is 19.1. The maximum absolute atomic E-state index is 13.0. The molecule has 1 amide bonds. The second-order valence-electron chi connectivity index (χ2n) is 5.39. The standard InChI is InChI=1S/C18H18FNO3/c1-22-16-4-2-3-14(11-16)18(21)20-9-10-23-17(12-20)13-5-7-15(19)8-6-13/h2-8,11,17H,9-10,12H2,1H3. The van der Waals surface area contributed by atoms with E-state index in [0.717, 1.165) is 5.56 Å². The Balaban J connectivity index is 1.75. The van der Waals surface area contributed by atoms with Gasteiger partial charge in [-0.05, 0) is 35.9 Å². The molecule has 0 spiro atoms. The summed E-state index contributed by atoms with van der Waals surface area (Å²) >= 11 is 0. The zero-order valence-electron chi connectivity index (χ0n) is 12.9. The minimum Gasteiger partial charge on any atom is -0.497 e. The van der Waals surface area contributed by atoms with Gasteiger partial charge in [0, 0.05) is 12.1 Å². The van der Waals surface area contributed by atoms with Crippen LogP contribution in [0.1, 0.15) is 22.0 Å².